The first-order valence-electron chi connectivity index (χ1n) is 9.99. The molecule has 1 N–H and O–H groups in total. The van der Waals surface area contributed by atoms with Crippen LogP contribution in [0.3, 0.4) is 0 Å². The molecule has 0 fully saturated rings. The maximum Gasteiger partial charge on any atom is 0.226 e. The van der Waals surface area contributed by atoms with Gasteiger partial charge in [0.15, 0.2) is 5.13 Å². The lowest BCUT2D eigenvalue weighted by Gasteiger charge is -2.03. The van der Waals surface area contributed by atoms with Crippen molar-refractivity contribution in [2.24, 2.45) is 0 Å². The van der Waals surface area contributed by atoms with E-state index in [0.29, 0.717) is 11.6 Å². The Hall–Kier alpha value is -2.96. The average Bonchev–Trinajstić information content (AvgIpc) is 3.23. The van der Waals surface area contributed by atoms with Gasteiger partial charge in [-0.05, 0) is 42.0 Å². The van der Waals surface area contributed by atoms with Gasteiger partial charge in [0.1, 0.15) is 5.82 Å². The Morgan fingerprint density at radius 1 is 0.903 bits per heavy atom. The number of nitrogens with zero attached hydrogens (tertiary/aromatic N) is 1. The van der Waals surface area contributed by atoms with Crippen molar-refractivity contribution < 1.29 is 9.18 Å². The molecule has 3 nitrogen and oxygen atoms in total. The second-order valence-electron chi connectivity index (χ2n) is 6.88. The van der Waals surface area contributed by atoms with Gasteiger partial charge in [0, 0.05) is 16.9 Å². The van der Waals surface area contributed by atoms with E-state index in [1.165, 1.54) is 23.5 Å². The number of anilines is 1. The Bertz CT molecular complexity index is 1070. The number of benzene rings is 3. The lowest BCUT2D eigenvalue weighted by Crippen LogP contribution is -2.11. The summed E-state index contributed by atoms with van der Waals surface area (Å²) in [5.41, 5.74) is 2.97. The van der Waals surface area contributed by atoms with Crippen molar-refractivity contribution in [1.29, 1.82) is 0 Å². The van der Waals surface area contributed by atoms with Crippen LogP contribution in [0.1, 0.15) is 12.8 Å². The quantitative estimate of drug-likeness (QED) is 0.230. The zero-order valence-electron chi connectivity index (χ0n) is 16.8. The SMILES string of the molecule is O=C(CCCSc1ccc(F)cc1)Nc1nc(-c2ccccc2)c(-c2ccccc2)s1. The minimum Gasteiger partial charge on any atom is -0.302 e. The highest BCUT2D eigenvalue weighted by Gasteiger charge is 2.16. The van der Waals surface area contributed by atoms with E-state index in [9.17, 15) is 9.18 Å². The normalized spacial score (nSPS) is 10.7. The van der Waals surface area contributed by atoms with Crippen LogP contribution in [0.15, 0.2) is 89.8 Å². The van der Waals surface area contributed by atoms with Crippen molar-refractivity contribution in [3.63, 3.8) is 0 Å². The maximum absolute atomic E-state index is 13.0. The van der Waals surface area contributed by atoms with E-state index in [1.54, 1.807) is 23.9 Å². The fraction of sp³-hybridized carbons (Fsp3) is 0.120. The predicted octanol–water partition coefficient (Wildman–Crippen LogP) is 7.13. The van der Waals surface area contributed by atoms with Gasteiger partial charge in [0.25, 0.3) is 0 Å². The number of carbonyl (C=O) groups excluding carboxylic acids is 1. The summed E-state index contributed by atoms with van der Waals surface area (Å²) in [5, 5.41) is 3.56. The summed E-state index contributed by atoms with van der Waals surface area (Å²) >= 11 is 3.11. The number of amides is 1. The molecule has 6 heteroatoms. The summed E-state index contributed by atoms with van der Waals surface area (Å²) in [6, 6.07) is 26.5. The molecule has 0 aliphatic carbocycles. The predicted molar refractivity (Wildman–Crippen MR) is 128 cm³/mol. The Kier molecular flexibility index (Phi) is 7.12. The van der Waals surface area contributed by atoms with Gasteiger partial charge in [-0.1, -0.05) is 72.0 Å². The molecule has 0 saturated heterocycles. The summed E-state index contributed by atoms with van der Waals surface area (Å²) in [6.07, 6.45) is 1.14. The smallest absolute Gasteiger partial charge is 0.226 e. The monoisotopic (exact) mass is 448 g/mol. The van der Waals surface area contributed by atoms with Crippen LogP contribution in [-0.4, -0.2) is 16.6 Å². The van der Waals surface area contributed by atoms with Crippen LogP contribution in [-0.2, 0) is 4.79 Å². The molecule has 31 heavy (non-hydrogen) atoms. The van der Waals surface area contributed by atoms with Gasteiger partial charge in [-0.25, -0.2) is 9.37 Å². The first-order chi connectivity index (χ1) is 15.2. The summed E-state index contributed by atoms with van der Waals surface area (Å²) in [7, 11) is 0. The van der Waals surface area contributed by atoms with Gasteiger partial charge in [0.05, 0.1) is 10.6 Å². The number of hydrogen-bond acceptors (Lipinski definition) is 4. The van der Waals surface area contributed by atoms with Crippen molar-refractivity contribution in [3.05, 3.63) is 90.7 Å². The average molecular weight is 449 g/mol. The topological polar surface area (TPSA) is 42.0 Å². The minimum absolute atomic E-state index is 0.0484. The standard InChI is InChI=1S/C25H21FN2OS2/c26-20-13-15-21(16-14-20)30-17-7-12-22(29)27-25-28-23(18-8-3-1-4-9-18)24(31-25)19-10-5-2-6-11-19/h1-6,8-11,13-16H,7,12,17H2,(H,27,28,29). The fourth-order valence-electron chi connectivity index (χ4n) is 3.09. The number of aromatic nitrogens is 1. The van der Waals surface area contributed by atoms with Crippen molar-refractivity contribution in [2.75, 3.05) is 11.1 Å². The van der Waals surface area contributed by atoms with E-state index in [1.807, 2.05) is 48.5 Å². The molecule has 0 bridgehead atoms. The fourth-order valence-corrected chi connectivity index (χ4v) is 4.95. The Labute approximate surface area is 189 Å². The summed E-state index contributed by atoms with van der Waals surface area (Å²) in [4.78, 5) is 19.2. The first kappa shape index (κ1) is 21.3. The van der Waals surface area contributed by atoms with Gasteiger partial charge in [-0.15, -0.1) is 11.8 Å². The molecule has 156 valence electrons. The van der Waals surface area contributed by atoms with E-state index < -0.39 is 0 Å². The third kappa shape index (κ3) is 5.81. The Morgan fingerprint density at radius 2 is 1.55 bits per heavy atom. The zero-order chi connectivity index (χ0) is 21.5. The molecular weight excluding hydrogens is 427 g/mol. The number of thiazole rings is 1. The Morgan fingerprint density at radius 3 is 2.23 bits per heavy atom. The zero-order valence-corrected chi connectivity index (χ0v) is 18.4. The number of nitrogens with one attached hydrogen (secondary N) is 1. The largest absolute Gasteiger partial charge is 0.302 e. The van der Waals surface area contributed by atoms with E-state index >= 15 is 0 Å². The van der Waals surface area contributed by atoms with Gasteiger partial charge < -0.3 is 5.32 Å². The Balaban J connectivity index is 1.40. The molecule has 0 radical (unpaired) electrons. The maximum atomic E-state index is 13.0. The number of halogens is 1. The van der Waals surface area contributed by atoms with Crippen LogP contribution in [0.25, 0.3) is 21.7 Å². The number of thioether (sulfide) groups is 1. The van der Waals surface area contributed by atoms with Crippen LogP contribution in [0, 0.1) is 5.82 Å². The molecule has 1 amide bonds. The number of rotatable bonds is 8. The van der Waals surface area contributed by atoms with Gasteiger partial charge in [0.2, 0.25) is 5.91 Å². The summed E-state index contributed by atoms with van der Waals surface area (Å²) in [6.45, 7) is 0. The number of hydrogen-bond donors (Lipinski definition) is 1. The minimum atomic E-state index is -0.239. The van der Waals surface area contributed by atoms with Gasteiger partial charge in [-0.3, -0.25) is 4.79 Å². The lowest BCUT2D eigenvalue weighted by atomic mass is 10.1. The van der Waals surface area contributed by atoms with Crippen LogP contribution in [0.2, 0.25) is 0 Å². The van der Waals surface area contributed by atoms with Crippen molar-refractivity contribution in [3.8, 4) is 21.7 Å². The highest BCUT2D eigenvalue weighted by molar-refractivity contribution is 7.99. The van der Waals surface area contributed by atoms with E-state index in [4.69, 9.17) is 4.98 Å². The highest BCUT2D eigenvalue weighted by Crippen LogP contribution is 2.38. The van der Waals surface area contributed by atoms with Crippen molar-refractivity contribution in [1.82, 2.24) is 4.98 Å². The van der Waals surface area contributed by atoms with Crippen LogP contribution in [0.4, 0.5) is 9.52 Å². The van der Waals surface area contributed by atoms with E-state index in [-0.39, 0.29) is 11.7 Å². The first-order valence-corrected chi connectivity index (χ1v) is 11.8. The molecule has 4 rings (SSSR count). The molecule has 0 unspecified atom stereocenters. The molecule has 1 aromatic heterocycles. The third-order valence-corrected chi connectivity index (χ3v) is 6.71. The molecule has 0 saturated carbocycles. The van der Waals surface area contributed by atoms with E-state index in [2.05, 4.69) is 17.4 Å². The number of carbonyl (C=O) groups is 1. The summed E-state index contributed by atoms with van der Waals surface area (Å²) < 4.78 is 13.0. The van der Waals surface area contributed by atoms with Gasteiger partial charge >= 0.3 is 0 Å². The molecule has 0 aliphatic heterocycles. The second kappa shape index (κ2) is 10.4. The molecule has 3 aromatic carbocycles. The summed E-state index contributed by atoms with van der Waals surface area (Å²) in [5.74, 6) is 0.506. The van der Waals surface area contributed by atoms with Crippen molar-refractivity contribution >= 4 is 34.1 Å². The molecule has 0 spiro atoms. The molecular formula is C25H21FN2OS2. The second-order valence-corrected chi connectivity index (χ2v) is 9.05. The van der Waals surface area contributed by atoms with E-state index in [0.717, 1.165) is 38.8 Å². The molecule has 4 aromatic rings. The third-order valence-electron chi connectivity index (χ3n) is 4.59. The lowest BCUT2D eigenvalue weighted by molar-refractivity contribution is -0.116. The molecule has 0 atom stereocenters. The highest BCUT2D eigenvalue weighted by atomic mass is 32.2. The van der Waals surface area contributed by atoms with Crippen LogP contribution < -0.4 is 5.32 Å². The molecule has 1 heterocycles. The molecule has 0 aliphatic rings. The van der Waals surface area contributed by atoms with Crippen molar-refractivity contribution in [2.45, 2.75) is 17.7 Å². The van der Waals surface area contributed by atoms with Crippen LogP contribution >= 0.6 is 23.1 Å². The van der Waals surface area contributed by atoms with Crippen LogP contribution in [0.5, 0.6) is 0 Å². The van der Waals surface area contributed by atoms with Gasteiger partial charge in [-0.2, -0.15) is 0 Å².